The van der Waals surface area contributed by atoms with E-state index in [9.17, 15) is 17.6 Å². The number of primary sulfonamides is 1. The van der Waals surface area contributed by atoms with Crippen LogP contribution in [0.4, 0.5) is 10.1 Å². The summed E-state index contributed by atoms with van der Waals surface area (Å²) in [6, 6.07) is 5.20. The summed E-state index contributed by atoms with van der Waals surface area (Å²) in [6.45, 7) is -0.171. The van der Waals surface area contributed by atoms with Crippen LogP contribution >= 0.6 is 0 Å². The van der Waals surface area contributed by atoms with Crippen LogP contribution in [-0.4, -0.2) is 26.1 Å². The highest BCUT2D eigenvalue weighted by Gasteiger charge is 2.38. The molecule has 100 valence electrons. The smallest absolute Gasteiger partial charge is 0.228 e. The number of hydrogen-bond acceptors (Lipinski definition) is 4. The van der Waals surface area contributed by atoms with Crippen LogP contribution in [0, 0.1) is 17.1 Å². The van der Waals surface area contributed by atoms with Crippen molar-refractivity contribution in [1.29, 1.82) is 5.26 Å². The van der Waals surface area contributed by atoms with Gasteiger partial charge < -0.3 is 4.90 Å². The first-order chi connectivity index (χ1) is 8.82. The summed E-state index contributed by atoms with van der Waals surface area (Å²) in [7, 11) is -3.85. The molecule has 0 aliphatic carbocycles. The van der Waals surface area contributed by atoms with Gasteiger partial charge in [-0.3, -0.25) is 4.79 Å². The van der Waals surface area contributed by atoms with Crippen molar-refractivity contribution in [3.8, 4) is 6.07 Å². The van der Waals surface area contributed by atoms with Crippen LogP contribution in [0.25, 0.3) is 0 Å². The first-order valence-electron chi connectivity index (χ1n) is 5.34. The van der Waals surface area contributed by atoms with E-state index in [1.807, 2.05) is 6.07 Å². The molecule has 1 heterocycles. The van der Waals surface area contributed by atoms with Crippen molar-refractivity contribution in [3.63, 3.8) is 0 Å². The van der Waals surface area contributed by atoms with Gasteiger partial charge in [-0.1, -0.05) is 0 Å². The van der Waals surface area contributed by atoms with E-state index in [0.717, 1.165) is 17.0 Å². The van der Waals surface area contributed by atoms with Crippen molar-refractivity contribution in [1.82, 2.24) is 0 Å². The summed E-state index contributed by atoms with van der Waals surface area (Å²) >= 11 is 0. The number of nitriles is 1. The average Bonchev–Trinajstić information content (AvgIpc) is 2.71. The molecule has 0 aromatic heterocycles. The summed E-state index contributed by atoms with van der Waals surface area (Å²) in [5.41, 5.74) is 0.170. The van der Waals surface area contributed by atoms with Gasteiger partial charge in [0.2, 0.25) is 15.9 Å². The zero-order valence-corrected chi connectivity index (χ0v) is 10.5. The molecule has 1 fully saturated rings. The fourth-order valence-electron chi connectivity index (χ4n) is 1.95. The molecule has 0 spiro atoms. The van der Waals surface area contributed by atoms with E-state index in [1.54, 1.807) is 0 Å². The number of rotatable bonds is 2. The lowest BCUT2D eigenvalue weighted by molar-refractivity contribution is -0.117. The predicted molar refractivity (Wildman–Crippen MR) is 65.0 cm³/mol. The van der Waals surface area contributed by atoms with E-state index in [-0.39, 0.29) is 24.2 Å². The number of sulfonamides is 1. The summed E-state index contributed by atoms with van der Waals surface area (Å²) in [6.07, 6.45) is -0.264. The van der Waals surface area contributed by atoms with Gasteiger partial charge in [-0.2, -0.15) is 5.26 Å². The van der Waals surface area contributed by atoms with Gasteiger partial charge in [0.05, 0.1) is 11.3 Å². The lowest BCUT2D eigenvalue weighted by atomic mass is 10.1. The molecule has 0 saturated carbocycles. The number of amides is 1. The zero-order valence-electron chi connectivity index (χ0n) is 9.71. The normalized spacial score (nSPS) is 19.5. The van der Waals surface area contributed by atoms with E-state index >= 15 is 0 Å². The average molecular weight is 283 g/mol. The summed E-state index contributed by atoms with van der Waals surface area (Å²) in [5.74, 6) is -1.11. The third kappa shape index (κ3) is 2.57. The van der Waals surface area contributed by atoms with Crippen molar-refractivity contribution in [3.05, 3.63) is 29.6 Å². The second-order valence-electron chi connectivity index (χ2n) is 4.19. The number of nitrogens with zero attached hydrogens (tertiary/aromatic N) is 2. The van der Waals surface area contributed by atoms with Gasteiger partial charge in [0, 0.05) is 13.0 Å². The number of nitrogens with two attached hydrogens (primary N) is 1. The van der Waals surface area contributed by atoms with E-state index in [4.69, 9.17) is 10.4 Å². The number of anilines is 1. The van der Waals surface area contributed by atoms with Crippen LogP contribution in [0.2, 0.25) is 0 Å². The molecule has 1 amide bonds. The fraction of sp³-hybridized carbons (Fsp3) is 0.273. The summed E-state index contributed by atoms with van der Waals surface area (Å²) in [5, 5.41) is 12.9. The monoisotopic (exact) mass is 283 g/mol. The molecule has 1 unspecified atom stereocenters. The Morgan fingerprint density at radius 2 is 2.16 bits per heavy atom. The maximum atomic E-state index is 13.2. The van der Waals surface area contributed by atoms with Crippen LogP contribution in [0.3, 0.4) is 0 Å². The zero-order chi connectivity index (χ0) is 14.2. The van der Waals surface area contributed by atoms with Crippen LogP contribution < -0.4 is 10.0 Å². The molecule has 1 aromatic rings. The largest absolute Gasteiger partial charge is 0.310 e. The van der Waals surface area contributed by atoms with Crippen LogP contribution in [0.15, 0.2) is 18.2 Å². The van der Waals surface area contributed by atoms with E-state index in [1.165, 1.54) is 6.07 Å². The van der Waals surface area contributed by atoms with E-state index in [2.05, 4.69) is 0 Å². The lowest BCUT2D eigenvalue weighted by Gasteiger charge is -2.17. The molecule has 8 heteroatoms. The Balaban J connectivity index is 2.42. The van der Waals surface area contributed by atoms with Crippen LogP contribution in [-0.2, 0) is 14.8 Å². The Bertz CT molecular complexity index is 681. The third-order valence-electron chi connectivity index (χ3n) is 2.93. The molecule has 19 heavy (non-hydrogen) atoms. The molecule has 1 aliphatic rings. The van der Waals surface area contributed by atoms with Gasteiger partial charge in [0.15, 0.2) is 0 Å². The molecular formula is C11H10FN3O3S. The Kier molecular flexibility index (Phi) is 3.26. The standard InChI is InChI=1S/C11H10FN3O3S/c12-8-2-1-7(5-13)10(3-8)15-6-9(4-11(15)16)19(14,17)18/h1-3,9H,4,6H2,(H2,14,17,18). The molecule has 1 atom stereocenters. The molecule has 1 aromatic carbocycles. The van der Waals surface area contributed by atoms with Gasteiger partial charge in [-0.15, -0.1) is 0 Å². The SMILES string of the molecule is N#Cc1ccc(F)cc1N1CC(S(N)(=O)=O)CC1=O. The Labute approximate surface area is 109 Å². The fourth-order valence-corrected chi connectivity index (χ4v) is 2.68. The molecule has 2 rings (SSSR count). The molecule has 0 radical (unpaired) electrons. The Morgan fingerprint density at radius 1 is 1.47 bits per heavy atom. The van der Waals surface area contributed by atoms with Crippen molar-refractivity contribution < 1.29 is 17.6 Å². The highest BCUT2D eigenvalue weighted by Crippen LogP contribution is 2.27. The molecule has 6 nitrogen and oxygen atoms in total. The topological polar surface area (TPSA) is 104 Å². The summed E-state index contributed by atoms with van der Waals surface area (Å²) < 4.78 is 35.7. The van der Waals surface area contributed by atoms with E-state index in [0.29, 0.717) is 0 Å². The quantitative estimate of drug-likeness (QED) is 0.830. The van der Waals surface area contributed by atoms with Crippen molar-refractivity contribution >= 4 is 21.6 Å². The maximum Gasteiger partial charge on any atom is 0.228 e. The second kappa shape index (κ2) is 4.60. The van der Waals surface area contributed by atoms with Gasteiger partial charge in [0.1, 0.15) is 17.1 Å². The molecule has 0 bridgehead atoms. The highest BCUT2D eigenvalue weighted by atomic mass is 32.2. The minimum Gasteiger partial charge on any atom is -0.310 e. The number of halogens is 1. The molecule has 1 saturated heterocycles. The first kappa shape index (κ1) is 13.5. The number of benzene rings is 1. The van der Waals surface area contributed by atoms with Crippen LogP contribution in [0.1, 0.15) is 12.0 Å². The minimum atomic E-state index is -3.85. The third-order valence-corrected chi connectivity index (χ3v) is 4.17. The van der Waals surface area contributed by atoms with Gasteiger partial charge in [0.25, 0.3) is 0 Å². The Morgan fingerprint density at radius 3 is 2.68 bits per heavy atom. The van der Waals surface area contributed by atoms with Crippen LogP contribution in [0.5, 0.6) is 0 Å². The molecule has 1 aliphatic heterocycles. The van der Waals surface area contributed by atoms with Crippen molar-refractivity contribution in [2.45, 2.75) is 11.7 Å². The number of carbonyl (C=O) groups is 1. The second-order valence-corrected chi connectivity index (χ2v) is 6.04. The first-order valence-corrected chi connectivity index (χ1v) is 6.95. The highest BCUT2D eigenvalue weighted by molar-refractivity contribution is 7.89. The number of hydrogen-bond donors (Lipinski definition) is 1. The van der Waals surface area contributed by atoms with Crippen molar-refractivity contribution in [2.24, 2.45) is 5.14 Å². The summed E-state index contributed by atoms with van der Waals surface area (Å²) in [4.78, 5) is 12.9. The van der Waals surface area contributed by atoms with Gasteiger partial charge >= 0.3 is 0 Å². The molecular weight excluding hydrogens is 273 g/mol. The van der Waals surface area contributed by atoms with Crippen molar-refractivity contribution in [2.75, 3.05) is 11.4 Å². The lowest BCUT2D eigenvalue weighted by Crippen LogP contribution is -2.32. The minimum absolute atomic E-state index is 0.0682. The Hall–Kier alpha value is -1.98. The molecule has 2 N–H and O–H groups in total. The maximum absolute atomic E-state index is 13.2. The van der Waals surface area contributed by atoms with Gasteiger partial charge in [-0.25, -0.2) is 17.9 Å². The van der Waals surface area contributed by atoms with Gasteiger partial charge in [-0.05, 0) is 18.2 Å². The predicted octanol–water partition coefficient (Wildman–Crippen LogP) is 0.0912. The van der Waals surface area contributed by atoms with E-state index < -0.39 is 27.0 Å². The number of carbonyl (C=O) groups excluding carboxylic acids is 1.